The lowest BCUT2D eigenvalue weighted by molar-refractivity contribution is -0.122. The number of amides is 1. The number of aliphatic hydroxyl groups is 1. The van der Waals surface area contributed by atoms with Gasteiger partial charge in [-0.3, -0.25) is 13.8 Å². The van der Waals surface area contributed by atoms with Gasteiger partial charge in [-0.25, -0.2) is 0 Å². The molecule has 1 heterocycles. The van der Waals surface area contributed by atoms with Crippen molar-refractivity contribution in [1.29, 1.82) is 0 Å². The van der Waals surface area contributed by atoms with Gasteiger partial charge in [-0.2, -0.15) is 0 Å². The number of Topliss-reactive ketones (excluding diaryl/α,β-unsaturated/α-hetero) is 1. The van der Waals surface area contributed by atoms with E-state index in [9.17, 15) is 18.9 Å². The first-order chi connectivity index (χ1) is 15.4. The molecule has 0 aliphatic carbocycles. The molecule has 32 heavy (non-hydrogen) atoms. The maximum absolute atomic E-state index is 13.1. The Morgan fingerprint density at radius 2 is 1.69 bits per heavy atom. The quantitative estimate of drug-likeness (QED) is 0.517. The fraction of sp³-hybridized carbons (Fsp3) is 0.391. The van der Waals surface area contributed by atoms with E-state index in [2.05, 4.69) is 0 Å². The molecule has 1 fully saturated rings. The van der Waals surface area contributed by atoms with E-state index in [-0.39, 0.29) is 13.0 Å². The minimum atomic E-state index is -1.61. The Hall–Kier alpha value is -2.75. The molecule has 1 amide bonds. The minimum Gasteiger partial charge on any atom is -0.497 e. The molecule has 9 heteroatoms. The summed E-state index contributed by atoms with van der Waals surface area (Å²) in [5, 5.41) is 10.2. The molecule has 2 aromatic carbocycles. The molecule has 2 aromatic rings. The van der Waals surface area contributed by atoms with Crippen molar-refractivity contribution in [3.63, 3.8) is 0 Å². The Bertz CT molecular complexity index is 953. The number of ketones is 1. The summed E-state index contributed by atoms with van der Waals surface area (Å²) in [7, 11) is -0.0779. The monoisotopic (exact) mass is 461 g/mol. The maximum Gasteiger partial charge on any atom is 0.236 e. The van der Waals surface area contributed by atoms with Gasteiger partial charge in [0.1, 0.15) is 22.4 Å². The van der Waals surface area contributed by atoms with Crippen LogP contribution in [-0.2, 0) is 20.3 Å². The van der Waals surface area contributed by atoms with Crippen LogP contribution in [0, 0.1) is 0 Å². The Balaban J connectivity index is 1.54. The zero-order chi connectivity index (χ0) is 23.1. The van der Waals surface area contributed by atoms with Crippen molar-refractivity contribution < 1.29 is 33.1 Å². The van der Waals surface area contributed by atoms with Gasteiger partial charge in [0.25, 0.3) is 0 Å². The van der Waals surface area contributed by atoms with E-state index < -0.39 is 33.3 Å². The highest BCUT2D eigenvalue weighted by molar-refractivity contribution is 7.87. The topological polar surface area (TPSA) is 125 Å². The average Bonchev–Trinajstić information content (AvgIpc) is 2.83. The fourth-order valence-electron chi connectivity index (χ4n) is 3.48. The van der Waals surface area contributed by atoms with Crippen LogP contribution in [0.15, 0.2) is 53.4 Å². The van der Waals surface area contributed by atoms with Crippen LogP contribution in [-0.4, -0.2) is 58.8 Å². The van der Waals surface area contributed by atoms with Gasteiger partial charge in [-0.15, -0.1) is 0 Å². The molecule has 0 aromatic heterocycles. The Kier molecular flexibility index (Phi) is 8.00. The van der Waals surface area contributed by atoms with Crippen molar-refractivity contribution in [3.8, 4) is 11.5 Å². The van der Waals surface area contributed by atoms with Crippen LogP contribution in [0.3, 0.4) is 0 Å². The van der Waals surface area contributed by atoms with E-state index in [1.54, 1.807) is 48.5 Å². The van der Waals surface area contributed by atoms with Crippen molar-refractivity contribution in [3.05, 3.63) is 54.1 Å². The van der Waals surface area contributed by atoms with E-state index >= 15 is 0 Å². The number of benzene rings is 2. The third-order valence-corrected chi connectivity index (χ3v) is 7.50. The number of methoxy groups -OCH3 is 1. The van der Waals surface area contributed by atoms with Crippen molar-refractivity contribution >= 4 is 22.5 Å². The summed E-state index contributed by atoms with van der Waals surface area (Å²) < 4.78 is 27.9. The van der Waals surface area contributed by atoms with Crippen LogP contribution in [0.25, 0.3) is 0 Å². The number of hydrogen-bond acceptors (Lipinski definition) is 7. The lowest BCUT2D eigenvalue weighted by Crippen LogP contribution is -2.51. The zero-order valence-corrected chi connectivity index (χ0v) is 18.6. The normalized spacial score (nSPS) is 17.2. The summed E-state index contributed by atoms with van der Waals surface area (Å²) in [6.07, 6.45) is -0.455. The number of hydrogen-bond donors (Lipinski definition) is 2. The van der Waals surface area contributed by atoms with Gasteiger partial charge >= 0.3 is 0 Å². The molecule has 1 aliphatic rings. The van der Waals surface area contributed by atoms with Gasteiger partial charge < -0.3 is 25.1 Å². The molecule has 2 atom stereocenters. The second-order valence-electron chi connectivity index (χ2n) is 7.46. The third-order valence-electron chi connectivity index (χ3n) is 5.48. The predicted octanol–water partition coefficient (Wildman–Crippen LogP) is 1.85. The first-order valence-corrected chi connectivity index (χ1v) is 11.4. The Morgan fingerprint density at radius 3 is 2.25 bits per heavy atom. The standard InChI is InChI=1S/C23H27NO7S/c1-29-17-4-2-16(3-5-17)21(26)20(25)10-13-31-18-6-8-19(9-7-18)32(28)23(22(24)27)11-14-30-15-12-23/h2-9,20,25H,10-15H2,1H3,(H2,24,27). The molecule has 0 bridgehead atoms. The van der Waals surface area contributed by atoms with Gasteiger partial charge in [-0.05, 0) is 61.4 Å². The van der Waals surface area contributed by atoms with E-state index in [1.807, 2.05) is 0 Å². The first-order valence-electron chi connectivity index (χ1n) is 10.3. The predicted molar refractivity (Wildman–Crippen MR) is 118 cm³/mol. The summed E-state index contributed by atoms with van der Waals surface area (Å²) in [5.41, 5.74) is 5.97. The summed E-state index contributed by atoms with van der Waals surface area (Å²) in [6.45, 7) is 0.801. The summed E-state index contributed by atoms with van der Waals surface area (Å²) in [5.74, 6) is 0.141. The minimum absolute atomic E-state index is 0.114. The highest BCUT2D eigenvalue weighted by atomic mass is 32.2. The highest BCUT2D eigenvalue weighted by Gasteiger charge is 2.45. The van der Waals surface area contributed by atoms with Crippen LogP contribution in [0.5, 0.6) is 11.5 Å². The molecule has 172 valence electrons. The second-order valence-corrected chi connectivity index (χ2v) is 9.25. The molecule has 2 unspecified atom stereocenters. The third kappa shape index (κ3) is 5.35. The van der Waals surface area contributed by atoms with Gasteiger partial charge in [-0.1, -0.05) is 0 Å². The van der Waals surface area contributed by atoms with Crippen molar-refractivity contribution in [1.82, 2.24) is 0 Å². The number of rotatable bonds is 10. The van der Waals surface area contributed by atoms with Gasteiger partial charge in [0.05, 0.1) is 24.5 Å². The molecule has 3 N–H and O–H groups in total. The van der Waals surface area contributed by atoms with Gasteiger partial charge in [0.2, 0.25) is 5.91 Å². The van der Waals surface area contributed by atoms with Gasteiger partial charge in [0.15, 0.2) is 5.78 Å². The summed E-state index contributed by atoms with van der Waals surface area (Å²) in [4.78, 5) is 24.8. The van der Waals surface area contributed by atoms with Crippen molar-refractivity contribution in [2.75, 3.05) is 26.9 Å². The van der Waals surface area contributed by atoms with Crippen molar-refractivity contribution in [2.24, 2.45) is 5.73 Å². The number of carbonyl (C=O) groups excluding carboxylic acids is 2. The second kappa shape index (κ2) is 10.7. The van der Waals surface area contributed by atoms with Crippen LogP contribution < -0.4 is 15.2 Å². The number of nitrogens with two attached hydrogens (primary N) is 1. The largest absolute Gasteiger partial charge is 0.497 e. The fourth-order valence-corrected chi connectivity index (χ4v) is 5.03. The number of primary amides is 1. The molecular weight excluding hydrogens is 434 g/mol. The molecule has 1 aliphatic heterocycles. The van der Waals surface area contributed by atoms with Crippen LogP contribution >= 0.6 is 0 Å². The SMILES string of the molecule is COc1ccc(C(=O)C(O)CCOc2ccc(S(=O)C3(C(N)=O)CCOCC3)cc2)cc1. The van der Waals surface area contributed by atoms with Crippen LogP contribution in [0.2, 0.25) is 0 Å². The molecule has 3 rings (SSSR count). The van der Waals surface area contributed by atoms with E-state index in [1.165, 1.54) is 7.11 Å². The van der Waals surface area contributed by atoms with E-state index in [0.717, 1.165) is 0 Å². The molecular formula is C23H27NO7S. The average molecular weight is 462 g/mol. The van der Waals surface area contributed by atoms with E-state index in [0.29, 0.717) is 48.0 Å². The number of carbonyl (C=O) groups is 2. The smallest absolute Gasteiger partial charge is 0.236 e. The Morgan fingerprint density at radius 1 is 1.09 bits per heavy atom. The molecule has 1 saturated heterocycles. The molecule has 0 saturated carbocycles. The summed E-state index contributed by atoms with van der Waals surface area (Å²) >= 11 is 0. The van der Waals surface area contributed by atoms with E-state index in [4.69, 9.17) is 19.9 Å². The maximum atomic E-state index is 13.1. The molecule has 0 spiro atoms. The molecule has 8 nitrogen and oxygen atoms in total. The number of ether oxygens (including phenoxy) is 3. The van der Waals surface area contributed by atoms with Gasteiger partial charge in [0, 0.05) is 30.1 Å². The lowest BCUT2D eigenvalue weighted by Gasteiger charge is -2.33. The lowest BCUT2D eigenvalue weighted by atomic mass is 9.98. The van der Waals surface area contributed by atoms with Crippen molar-refractivity contribution in [2.45, 2.75) is 35.0 Å². The number of aliphatic hydroxyl groups excluding tert-OH is 1. The summed E-state index contributed by atoms with van der Waals surface area (Å²) in [6, 6.07) is 13.0. The van der Waals surface area contributed by atoms with Crippen LogP contribution in [0.4, 0.5) is 0 Å². The Labute approximate surface area is 189 Å². The zero-order valence-electron chi connectivity index (χ0n) is 17.8. The highest BCUT2D eigenvalue weighted by Crippen LogP contribution is 2.32. The molecule has 0 radical (unpaired) electrons. The van der Waals surface area contributed by atoms with Crippen LogP contribution in [0.1, 0.15) is 29.6 Å². The first kappa shape index (κ1) is 23.9.